The molecule has 0 saturated carbocycles. The number of para-hydroxylation sites is 1. The van der Waals surface area contributed by atoms with Crippen LogP contribution in [-0.2, 0) is 11.3 Å². The second kappa shape index (κ2) is 6.51. The Labute approximate surface area is 141 Å². The van der Waals surface area contributed by atoms with Crippen LogP contribution in [0.5, 0.6) is 5.75 Å². The zero-order chi connectivity index (χ0) is 17.3. The topological polar surface area (TPSA) is 88.8 Å². The van der Waals surface area contributed by atoms with E-state index in [4.69, 9.17) is 21.4 Å². The lowest BCUT2D eigenvalue weighted by Gasteiger charge is -2.17. The predicted molar refractivity (Wildman–Crippen MR) is 90.9 cm³/mol. The number of carboxylic acids is 1. The van der Waals surface area contributed by atoms with E-state index in [1.165, 1.54) is 10.6 Å². The van der Waals surface area contributed by atoms with E-state index in [9.17, 15) is 14.7 Å². The van der Waals surface area contributed by atoms with Crippen LogP contribution in [0.25, 0.3) is 21.8 Å². The molecule has 1 aromatic heterocycles. The number of hydrogen-bond acceptors (Lipinski definition) is 4. The maximum absolute atomic E-state index is 12.8. The van der Waals surface area contributed by atoms with Crippen LogP contribution in [0.2, 0.25) is 5.02 Å². The molecule has 0 aliphatic rings. The van der Waals surface area contributed by atoms with E-state index >= 15 is 0 Å². The molecule has 2 aromatic carbocycles. The molecular weight excluding hydrogens is 334 g/mol. The van der Waals surface area contributed by atoms with Crippen molar-refractivity contribution in [1.82, 2.24) is 4.57 Å². The van der Waals surface area contributed by atoms with E-state index in [1.54, 1.807) is 30.3 Å². The van der Waals surface area contributed by atoms with E-state index in [-0.39, 0.29) is 36.0 Å². The first kappa shape index (κ1) is 16.3. The molecule has 0 bridgehead atoms. The third-order valence-corrected chi connectivity index (χ3v) is 3.97. The summed E-state index contributed by atoms with van der Waals surface area (Å²) in [6.07, 6.45) is 0. The number of rotatable bonds is 5. The van der Waals surface area contributed by atoms with E-state index in [0.29, 0.717) is 21.8 Å². The van der Waals surface area contributed by atoms with Crippen molar-refractivity contribution in [2.45, 2.75) is 6.54 Å². The molecule has 0 atom stereocenters. The summed E-state index contributed by atoms with van der Waals surface area (Å²) in [6, 6.07) is 9.85. The molecule has 0 amide bonds. The summed E-state index contributed by atoms with van der Waals surface area (Å²) in [5.74, 6) is -0.870. The van der Waals surface area contributed by atoms with E-state index in [1.807, 2.05) is 0 Å². The van der Waals surface area contributed by atoms with Gasteiger partial charge >= 0.3 is 5.97 Å². The normalized spacial score (nSPS) is 11.1. The van der Waals surface area contributed by atoms with Gasteiger partial charge in [-0.05, 0) is 24.3 Å². The Balaban J connectivity index is 2.50. The van der Waals surface area contributed by atoms with E-state index in [2.05, 4.69) is 0 Å². The second-order valence-electron chi connectivity index (χ2n) is 5.17. The monoisotopic (exact) mass is 347 g/mol. The number of benzene rings is 2. The van der Waals surface area contributed by atoms with Gasteiger partial charge in [0.05, 0.1) is 28.0 Å². The molecule has 124 valence electrons. The van der Waals surface area contributed by atoms with Crippen molar-refractivity contribution < 1.29 is 19.7 Å². The van der Waals surface area contributed by atoms with Crippen LogP contribution in [-0.4, -0.2) is 34.0 Å². The van der Waals surface area contributed by atoms with Crippen LogP contribution in [0.15, 0.2) is 41.2 Å². The summed E-state index contributed by atoms with van der Waals surface area (Å²) in [7, 11) is 0. The Morgan fingerprint density at radius 2 is 1.92 bits per heavy atom. The SMILES string of the molecule is O=C(O)Cn1c2ccccc2c(=O)c2ccc(Cl)c(OCCO)c21. The second-order valence-corrected chi connectivity index (χ2v) is 5.58. The first-order valence-corrected chi connectivity index (χ1v) is 7.61. The third-order valence-electron chi connectivity index (χ3n) is 3.67. The van der Waals surface area contributed by atoms with Crippen LogP contribution < -0.4 is 10.2 Å². The minimum Gasteiger partial charge on any atom is -0.487 e. The molecular formula is C17H14ClNO5. The Morgan fingerprint density at radius 3 is 2.62 bits per heavy atom. The molecule has 0 saturated heterocycles. The Morgan fingerprint density at radius 1 is 1.17 bits per heavy atom. The summed E-state index contributed by atoms with van der Waals surface area (Å²) in [4.78, 5) is 24.1. The molecule has 0 unspecified atom stereocenters. The smallest absolute Gasteiger partial charge is 0.323 e. The fourth-order valence-electron chi connectivity index (χ4n) is 2.75. The van der Waals surface area contributed by atoms with Crippen LogP contribution in [0.3, 0.4) is 0 Å². The van der Waals surface area contributed by atoms with Gasteiger partial charge in [0.2, 0.25) is 0 Å². The van der Waals surface area contributed by atoms with Crippen molar-refractivity contribution in [3.05, 3.63) is 51.6 Å². The maximum atomic E-state index is 12.8. The summed E-state index contributed by atoms with van der Waals surface area (Å²) in [5, 5.41) is 19.3. The fraction of sp³-hybridized carbons (Fsp3) is 0.176. The van der Waals surface area contributed by atoms with Crippen molar-refractivity contribution in [2.24, 2.45) is 0 Å². The lowest BCUT2D eigenvalue weighted by molar-refractivity contribution is -0.137. The van der Waals surface area contributed by atoms with Gasteiger partial charge in [0.15, 0.2) is 11.2 Å². The average molecular weight is 348 g/mol. The number of aliphatic carboxylic acids is 1. The number of hydrogen-bond donors (Lipinski definition) is 2. The summed E-state index contributed by atoms with van der Waals surface area (Å²) in [6.45, 7) is -0.608. The maximum Gasteiger partial charge on any atom is 0.323 e. The van der Waals surface area contributed by atoms with Crippen molar-refractivity contribution >= 4 is 39.4 Å². The molecule has 0 aliphatic heterocycles. The molecule has 3 aromatic rings. The molecule has 24 heavy (non-hydrogen) atoms. The highest BCUT2D eigenvalue weighted by Crippen LogP contribution is 2.34. The molecule has 0 fully saturated rings. The number of aliphatic hydroxyl groups is 1. The molecule has 0 radical (unpaired) electrons. The zero-order valence-electron chi connectivity index (χ0n) is 12.5. The number of nitrogens with zero attached hydrogens (tertiary/aromatic N) is 1. The van der Waals surface area contributed by atoms with Crippen LogP contribution in [0.1, 0.15) is 0 Å². The molecule has 2 N–H and O–H groups in total. The molecule has 6 nitrogen and oxygen atoms in total. The van der Waals surface area contributed by atoms with Crippen LogP contribution >= 0.6 is 11.6 Å². The molecule has 7 heteroatoms. The quantitative estimate of drug-likeness (QED) is 0.691. The Bertz CT molecular complexity index is 996. The van der Waals surface area contributed by atoms with Crippen LogP contribution in [0, 0.1) is 0 Å². The number of aromatic nitrogens is 1. The third kappa shape index (κ3) is 2.70. The van der Waals surface area contributed by atoms with Gasteiger partial charge in [-0.3, -0.25) is 9.59 Å². The van der Waals surface area contributed by atoms with Gasteiger partial charge in [0.1, 0.15) is 13.2 Å². The minimum atomic E-state index is -1.06. The van der Waals surface area contributed by atoms with E-state index in [0.717, 1.165) is 0 Å². The van der Waals surface area contributed by atoms with Crippen molar-refractivity contribution in [3.8, 4) is 5.75 Å². The lowest BCUT2D eigenvalue weighted by Crippen LogP contribution is -2.17. The number of carboxylic acid groups (broad SMARTS) is 1. The molecule has 1 heterocycles. The molecule has 0 aliphatic carbocycles. The van der Waals surface area contributed by atoms with Gasteiger partial charge in [-0.25, -0.2) is 0 Å². The molecule has 3 rings (SSSR count). The number of pyridine rings is 1. The fourth-order valence-corrected chi connectivity index (χ4v) is 2.96. The number of halogens is 1. The van der Waals surface area contributed by atoms with Gasteiger partial charge in [0.25, 0.3) is 0 Å². The van der Waals surface area contributed by atoms with Gasteiger partial charge in [-0.15, -0.1) is 0 Å². The van der Waals surface area contributed by atoms with Crippen LogP contribution in [0.4, 0.5) is 0 Å². The zero-order valence-corrected chi connectivity index (χ0v) is 13.3. The largest absolute Gasteiger partial charge is 0.487 e. The number of carbonyl (C=O) groups is 1. The minimum absolute atomic E-state index is 0.0209. The number of ether oxygens (including phenoxy) is 1. The lowest BCUT2D eigenvalue weighted by atomic mass is 10.1. The van der Waals surface area contributed by atoms with E-state index < -0.39 is 5.97 Å². The highest BCUT2D eigenvalue weighted by Gasteiger charge is 2.18. The Hall–Kier alpha value is -2.57. The first-order valence-electron chi connectivity index (χ1n) is 7.23. The van der Waals surface area contributed by atoms with Gasteiger partial charge in [0, 0.05) is 5.39 Å². The average Bonchev–Trinajstić information content (AvgIpc) is 2.57. The number of aliphatic hydroxyl groups excluding tert-OH is 1. The van der Waals surface area contributed by atoms with Crippen molar-refractivity contribution in [2.75, 3.05) is 13.2 Å². The standard InChI is InChI=1S/C17H14ClNO5/c18-12-6-5-11-15(17(12)24-8-7-20)19(9-14(21)22)13-4-2-1-3-10(13)16(11)23/h1-6,20H,7-9H2,(H,21,22). The predicted octanol–water partition coefficient (Wildman–Crippen LogP) is 2.26. The number of fused-ring (bicyclic) bond motifs is 2. The summed E-state index contributed by atoms with van der Waals surface area (Å²) < 4.78 is 6.98. The van der Waals surface area contributed by atoms with Gasteiger partial charge < -0.3 is 19.5 Å². The highest BCUT2D eigenvalue weighted by molar-refractivity contribution is 6.33. The Kier molecular flexibility index (Phi) is 4.42. The highest BCUT2D eigenvalue weighted by atomic mass is 35.5. The molecule has 0 spiro atoms. The van der Waals surface area contributed by atoms with Crippen molar-refractivity contribution in [3.63, 3.8) is 0 Å². The summed E-state index contributed by atoms with van der Waals surface area (Å²) in [5.41, 5.74) is 0.559. The summed E-state index contributed by atoms with van der Waals surface area (Å²) >= 11 is 6.18. The first-order chi connectivity index (χ1) is 11.5. The van der Waals surface area contributed by atoms with Crippen molar-refractivity contribution in [1.29, 1.82) is 0 Å². The van der Waals surface area contributed by atoms with Gasteiger partial charge in [-0.2, -0.15) is 0 Å². The van der Waals surface area contributed by atoms with Gasteiger partial charge in [-0.1, -0.05) is 23.7 Å².